The van der Waals surface area contributed by atoms with Crippen LogP contribution in [0.3, 0.4) is 0 Å². The van der Waals surface area contributed by atoms with Crippen molar-refractivity contribution in [3.8, 4) is 10.6 Å². The van der Waals surface area contributed by atoms with Crippen molar-refractivity contribution in [2.24, 2.45) is 7.05 Å². The van der Waals surface area contributed by atoms with Crippen LogP contribution in [0.2, 0.25) is 0 Å². The molecular formula is C17H18F3N3OS. The minimum absolute atomic E-state index is 0.0882. The number of aryl methyl sites for hydroxylation is 1. The molecule has 0 spiro atoms. The van der Waals surface area contributed by atoms with Gasteiger partial charge in [-0.05, 0) is 37.5 Å². The maximum absolute atomic E-state index is 12.9. The normalized spacial score (nSPS) is 15.9. The summed E-state index contributed by atoms with van der Waals surface area (Å²) in [6.45, 7) is 1.26. The summed E-state index contributed by atoms with van der Waals surface area (Å²) in [5, 5.41) is 3.93. The van der Waals surface area contributed by atoms with Gasteiger partial charge in [0.2, 0.25) is 0 Å². The van der Waals surface area contributed by atoms with E-state index in [1.807, 2.05) is 6.08 Å². The molecule has 0 aromatic carbocycles. The van der Waals surface area contributed by atoms with E-state index in [9.17, 15) is 18.0 Å². The molecule has 4 nitrogen and oxygen atoms in total. The van der Waals surface area contributed by atoms with Gasteiger partial charge in [0, 0.05) is 20.1 Å². The van der Waals surface area contributed by atoms with E-state index in [2.05, 4.69) is 11.2 Å². The van der Waals surface area contributed by atoms with Gasteiger partial charge >= 0.3 is 6.18 Å². The largest absolute Gasteiger partial charge is 0.433 e. The van der Waals surface area contributed by atoms with Crippen LogP contribution in [0.15, 0.2) is 30.4 Å². The van der Waals surface area contributed by atoms with Crippen molar-refractivity contribution in [3.05, 3.63) is 40.9 Å². The standard InChI is InChI=1S/C17H18F3N3OS/c1-22-15(17(18,19)20)11-12(21-22)13-7-8-14(25-13)16(24)23-9-5-3-2-4-6-10-23/h3,5,7-8,11H,2,4,6,9-10H2,1H3. The van der Waals surface area contributed by atoms with Crippen LogP contribution in [0.1, 0.15) is 34.6 Å². The Kier molecular flexibility index (Phi) is 4.99. The number of hydrogen-bond donors (Lipinski definition) is 0. The minimum atomic E-state index is -4.45. The number of alkyl halides is 3. The van der Waals surface area contributed by atoms with Crippen LogP contribution in [0.5, 0.6) is 0 Å². The molecule has 134 valence electrons. The van der Waals surface area contributed by atoms with Crippen molar-refractivity contribution in [1.29, 1.82) is 0 Å². The molecule has 0 saturated heterocycles. The van der Waals surface area contributed by atoms with Gasteiger partial charge in [0.1, 0.15) is 11.4 Å². The number of aromatic nitrogens is 2. The van der Waals surface area contributed by atoms with Gasteiger partial charge in [-0.3, -0.25) is 9.48 Å². The highest BCUT2D eigenvalue weighted by atomic mass is 32.1. The monoisotopic (exact) mass is 369 g/mol. The average Bonchev–Trinajstić information content (AvgIpc) is 3.12. The first-order valence-electron chi connectivity index (χ1n) is 8.02. The third-order valence-electron chi connectivity index (χ3n) is 4.07. The Hall–Kier alpha value is -2.09. The van der Waals surface area contributed by atoms with Gasteiger partial charge < -0.3 is 4.90 Å². The number of amides is 1. The molecule has 1 aliphatic heterocycles. The molecule has 0 fully saturated rings. The molecule has 0 N–H and O–H groups in total. The zero-order chi connectivity index (χ0) is 18.0. The van der Waals surface area contributed by atoms with Crippen LogP contribution in [-0.2, 0) is 13.2 Å². The number of nitrogens with zero attached hydrogens (tertiary/aromatic N) is 3. The van der Waals surface area contributed by atoms with Crippen molar-refractivity contribution in [3.63, 3.8) is 0 Å². The Morgan fingerprint density at radius 2 is 2.04 bits per heavy atom. The predicted octanol–water partition coefficient (Wildman–Crippen LogP) is 4.35. The second-order valence-electron chi connectivity index (χ2n) is 5.92. The lowest BCUT2D eigenvalue weighted by atomic mass is 10.2. The van der Waals surface area contributed by atoms with Crippen LogP contribution in [0, 0.1) is 0 Å². The van der Waals surface area contributed by atoms with Gasteiger partial charge in [-0.15, -0.1) is 11.3 Å². The molecule has 0 atom stereocenters. The fourth-order valence-corrected chi connectivity index (χ4v) is 3.69. The number of hydrogen-bond acceptors (Lipinski definition) is 3. The zero-order valence-electron chi connectivity index (χ0n) is 13.7. The average molecular weight is 369 g/mol. The van der Waals surface area contributed by atoms with E-state index in [0.29, 0.717) is 22.8 Å². The highest BCUT2D eigenvalue weighted by Gasteiger charge is 2.35. The summed E-state index contributed by atoms with van der Waals surface area (Å²) >= 11 is 1.17. The Bertz CT molecular complexity index is 791. The highest BCUT2D eigenvalue weighted by Crippen LogP contribution is 2.34. The summed E-state index contributed by atoms with van der Waals surface area (Å²) < 4.78 is 39.5. The molecule has 3 heterocycles. The fraction of sp³-hybridized carbons (Fsp3) is 0.412. The van der Waals surface area contributed by atoms with Crippen molar-refractivity contribution in [1.82, 2.24) is 14.7 Å². The summed E-state index contributed by atoms with van der Waals surface area (Å²) in [7, 11) is 1.26. The molecule has 0 radical (unpaired) electrons. The first-order chi connectivity index (χ1) is 11.9. The molecular weight excluding hydrogens is 351 g/mol. The Labute approximate surface area is 147 Å². The van der Waals surface area contributed by atoms with E-state index < -0.39 is 11.9 Å². The molecule has 0 unspecified atom stereocenters. The van der Waals surface area contributed by atoms with Crippen molar-refractivity contribution in [2.75, 3.05) is 13.1 Å². The summed E-state index contributed by atoms with van der Waals surface area (Å²) in [6.07, 6.45) is 2.64. The van der Waals surface area contributed by atoms with Crippen LogP contribution in [-0.4, -0.2) is 33.7 Å². The number of allylic oxidation sites excluding steroid dienone is 1. The summed E-state index contributed by atoms with van der Waals surface area (Å²) in [5.74, 6) is -0.0882. The summed E-state index contributed by atoms with van der Waals surface area (Å²) in [5.41, 5.74) is -0.580. The molecule has 2 aromatic heterocycles. The van der Waals surface area contributed by atoms with Crippen molar-refractivity contribution >= 4 is 17.2 Å². The van der Waals surface area contributed by atoms with E-state index >= 15 is 0 Å². The molecule has 3 rings (SSSR count). The van der Waals surface area contributed by atoms with Crippen LogP contribution >= 0.6 is 11.3 Å². The maximum atomic E-state index is 12.9. The second kappa shape index (κ2) is 7.03. The van der Waals surface area contributed by atoms with Gasteiger partial charge in [0.15, 0.2) is 0 Å². The van der Waals surface area contributed by atoms with Gasteiger partial charge in [0.25, 0.3) is 5.91 Å². The molecule has 25 heavy (non-hydrogen) atoms. The SMILES string of the molecule is Cn1nc(-c2ccc(C(=O)N3CC=CCCCC3)s2)cc1C(F)(F)F. The van der Waals surface area contributed by atoms with Gasteiger partial charge in [-0.1, -0.05) is 12.2 Å². The van der Waals surface area contributed by atoms with Crippen LogP contribution in [0.25, 0.3) is 10.6 Å². The van der Waals surface area contributed by atoms with Gasteiger partial charge in [0.05, 0.1) is 9.75 Å². The number of rotatable bonds is 2. The number of carbonyl (C=O) groups is 1. The molecule has 2 aromatic rings. The highest BCUT2D eigenvalue weighted by molar-refractivity contribution is 7.17. The third-order valence-corrected chi connectivity index (χ3v) is 5.16. The van der Waals surface area contributed by atoms with E-state index in [1.165, 1.54) is 18.4 Å². The van der Waals surface area contributed by atoms with Crippen LogP contribution in [0.4, 0.5) is 13.2 Å². The lowest BCUT2D eigenvalue weighted by Crippen LogP contribution is -2.32. The maximum Gasteiger partial charge on any atom is 0.433 e. The van der Waals surface area contributed by atoms with E-state index in [1.54, 1.807) is 17.0 Å². The van der Waals surface area contributed by atoms with Crippen LogP contribution < -0.4 is 0 Å². The predicted molar refractivity (Wildman–Crippen MR) is 90.4 cm³/mol. The summed E-state index contributed by atoms with van der Waals surface area (Å²) in [6, 6.07) is 4.33. The topological polar surface area (TPSA) is 38.1 Å². The smallest absolute Gasteiger partial charge is 0.334 e. The molecule has 8 heteroatoms. The number of thiophene rings is 1. The number of carbonyl (C=O) groups excluding carboxylic acids is 1. The Morgan fingerprint density at radius 3 is 2.76 bits per heavy atom. The van der Waals surface area contributed by atoms with E-state index in [4.69, 9.17) is 0 Å². The van der Waals surface area contributed by atoms with Crippen molar-refractivity contribution in [2.45, 2.75) is 25.4 Å². The molecule has 0 aliphatic carbocycles. The Morgan fingerprint density at radius 1 is 1.24 bits per heavy atom. The van der Waals surface area contributed by atoms with Crippen molar-refractivity contribution < 1.29 is 18.0 Å². The lowest BCUT2D eigenvalue weighted by Gasteiger charge is -2.21. The van der Waals surface area contributed by atoms with E-state index in [-0.39, 0.29) is 11.6 Å². The molecule has 0 saturated carbocycles. The third kappa shape index (κ3) is 3.95. The first-order valence-corrected chi connectivity index (χ1v) is 8.83. The minimum Gasteiger partial charge on any atom is -0.334 e. The van der Waals surface area contributed by atoms with Gasteiger partial charge in [-0.25, -0.2) is 0 Å². The molecule has 0 bridgehead atoms. The second-order valence-corrected chi connectivity index (χ2v) is 7.00. The molecule has 1 aliphatic rings. The lowest BCUT2D eigenvalue weighted by molar-refractivity contribution is -0.143. The summed E-state index contributed by atoms with van der Waals surface area (Å²) in [4.78, 5) is 15.5. The number of halogens is 3. The van der Waals surface area contributed by atoms with E-state index in [0.717, 1.165) is 30.0 Å². The molecule has 1 amide bonds. The van der Waals surface area contributed by atoms with Gasteiger partial charge in [-0.2, -0.15) is 18.3 Å². The quantitative estimate of drug-likeness (QED) is 0.738. The Balaban J connectivity index is 1.81. The first kappa shape index (κ1) is 17.7. The zero-order valence-corrected chi connectivity index (χ0v) is 14.5. The fourth-order valence-electron chi connectivity index (χ4n) is 2.76.